The van der Waals surface area contributed by atoms with Gasteiger partial charge >= 0.3 is 0 Å². The zero-order chi connectivity index (χ0) is 8.55. The lowest BCUT2D eigenvalue weighted by Gasteiger charge is -2.14. The average Bonchev–Trinajstić information content (AvgIpc) is 2.46. The molecule has 1 aromatic rings. The molecule has 0 saturated carbocycles. The standard InChI is InChI=1S/C9H12N2S/c1-2-11-6-12-9-5-7(10)3-4-8(9)11/h3-5H,2,6,10H2,1H3. The maximum Gasteiger partial charge on any atom is 0.0686 e. The molecular formula is C9H12N2S. The van der Waals surface area contributed by atoms with Gasteiger partial charge in [-0.3, -0.25) is 0 Å². The number of fused-ring (bicyclic) bond motifs is 1. The number of hydrogen-bond donors (Lipinski definition) is 1. The Morgan fingerprint density at radius 2 is 2.42 bits per heavy atom. The molecule has 0 amide bonds. The van der Waals surface area contributed by atoms with Crippen LogP contribution in [0, 0.1) is 0 Å². The van der Waals surface area contributed by atoms with Crippen LogP contribution in [0.3, 0.4) is 0 Å². The topological polar surface area (TPSA) is 29.3 Å². The predicted octanol–water partition coefficient (Wildman–Crippen LogP) is 2.16. The third kappa shape index (κ3) is 1.14. The number of nitrogens with two attached hydrogens (primary N) is 1. The van der Waals surface area contributed by atoms with E-state index in [1.807, 2.05) is 17.8 Å². The van der Waals surface area contributed by atoms with Gasteiger partial charge in [-0.25, -0.2) is 0 Å². The molecule has 2 rings (SSSR count). The lowest BCUT2D eigenvalue weighted by atomic mass is 10.2. The molecule has 0 bridgehead atoms. The highest BCUT2D eigenvalue weighted by molar-refractivity contribution is 7.99. The van der Waals surface area contributed by atoms with Crippen molar-refractivity contribution in [2.75, 3.05) is 23.1 Å². The smallest absolute Gasteiger partial charge is 0.0686 e. The third-order valence-corrected chi connectivity index (χ3v) is 3.16. The molecule has 1 aliphatic rings. The van der Waals surface area contributed by atoms with Gasteiger partial charge in [-0.05, 0) is 25.1 Å². The maximum absolute atomic E-state index is 5.69. The van der Waals surface area contributed by atoms with Gasteiger partial charge < -0.3 is 10.6 Å². The van der Waals surface area contributed by atoms with Gasteiger partial charge in [-0.2, -0.15) is 0 Å². The normalized spacial score (nSPS) is 14.9. The summed E-state index contributed by atoms with van der Waals surface area (Å²) in [6, 6.07) is 6.12. The molecule has 1 heterocycles. The molecule has 2 nitrogen and oxygen atoms in total. The van der Waals surface area contributed by atoms with Crippen LogP contribution < -0.4 is 10.6 Å². The van der Waals surface area contributed by atoms with E-state index in [1.54, 1.807) is 0 Å². The van der Waals surface area contributed by atoms with E-state index in [-0.39, 0.29) is 0 Å². The molecule has 0 aromatic heterocycles. The lowest BCUT2D eigenvalue weighted by Crippen LogP contribution is -2.17. The molecule has 0 atom stereocenters. The molecule has 0 radical (unpaired) electrons. The van der Waals surface area contributed by atoms with E-state index in [0.717, 1.165) is 18.1 Å². The minimum atomic E-state index is 0.860. The summed E-state index contributed by atoms with van der Waals surface area (Å²) in [6.07, 6.45) is 0. The van der Waals surface area contributed by atoms with E-state index < -0.39 is 0 Å². The van der Waals surface area contributed by atoms with Crippen LogP contribution in [0.2, 0.25) is 0 Å². The van der Waals surface area contributed by atoms with Crippen LogP contribution in [0.25, 0.3) is 0 Å². The Morgan fingerprint density at radius 1 is 1.58 bits per heavy atom. The predicted molar refractivity (Wildman–Crippen MR) is 54.6 cm³/mol. The Balaban J connectivity index is 2.40. The fourth-order valence-corrected chi connectivity index (χ4v) is 2.57. The van der Waals surface area contributed by atoms with Crippen molar-refractivity contribution >= 4 is 23.1 Å². The maximum atomic E-state index is 5.69. The Bertz CT molecular complexity index is 299. The van der Waals surface area contributed by atoms with E-state index in [1.165, 1.54) is 10.6 Å². The fraction of sp³-hybridized carbons (Fsp3) is 0.333. The molecule has 0 saturated heterocycles. The minimum Gasteiger partial charge on any atom is -0.399 e. The van der Waals surface area contributed by atoms with Crippen LogP contribution in [0.1, 0.15) is 6.92 Å². The lowest BCUT2D eigenvalue weighted by molar-refractivity contribution is 0.951. The number of nitrogen functional groups attached to an aromatic ring is 1. The second kappa shape index (κ2) is 2.90. The summed E-state index contributed by atoms with van der Waals surface area (Å²) in [7, 11) is 0. The number of nitrogens with zero attached hydrogens (tertiary/aromatic N) is 1. The zero-order valence-corrected chi connectivity index (χ0v) is 7.90. The Morgan fingerprint density at radius 3 is 3.17 bits per heavy atom. The molecule has 0 fully saturated rings. The van der Waals surface area contributed by atoms with E-state index in [0.29, 0.717) is 0 Å². The second-order valence-corrected chi connectivity index (χ2v) is 3.84. The van der Waals surface area contributed by atoms with Crippen LogP contribution in [0.4, 0.5) is 11.4 Å². The van der Waals surface area contributed by atoms with Crippen molar-refractivity contribution in [1.29, 1.82) is 0 Å². The Kier molecular flexibility index (Phi) is 1.89. The quantitative estimate of drug-likeness (QED) is 0.671. The van der Waals surface area contributed by atoms with Gasteiger partial charge in [0.1, 0.15) is 0 Å². The zero-order valence-electron chi connectivity index (χ0n) is 7.08. The van der Waals surface area contributed by atoms with Crippen LogP contribution in [0.5, 0.6) is 0 Å². The monoisotopic (exact) mass is 180 g/mol. The first-order valence-electron chi connectivity index (χ1n) is 4.08. The van der Waals surface area contributed by atoms with Crippen LogP contribution in [-0.4, -0.2) is 12.4 Å². The van der Waals surface area contributed by atoms with Gasteiger partial charge in [0, 0.05) is 17.1 Å². The number of anilines is 2. The van der Waals surface area contributed by atoms with E-state index in [4.69, 9.17) is 5.73 Å². The molecule has 1 aromatic carbocycles. The fourth-order valence-electron chi connectivity index (χ4n) is 1.39. The summed E-state index contributed by atoms with van der Waals surface area (Å²) >= 11 is 1.86. The van der Waals surface area contributed by atoms with Crippen LogP contribution in [-0.2, 0) is 0 Å². The van der Waals surface area contributed by atoms with Gasteiger partial charge in [0.2, 0.25) is 0 Å². The molecule has 0 spiro atoms. The molecular weight excluding hydrogens is 168 g/mol. The van der Waals surface area contributed by atoms with Crippen molar-refractivity contribution in [3.63, 3.8) is 0 Å². The van der Waals surface area contributed by atoms with Gasteiger partial charge in [0.25, 0.3) is 0 Å². The highest BCUT2D eigenvalue weighted by atomic mass is 32.2. The van der Waals surface area contributed by atoms with Crippen LogP contribution in [0.15, 0.2) is 23.1 Å². The Labute approximate surface area is 76.7 Å². The first-order valence-corrected chi connectivity index (χ1v) is 5.07. The van der Waals surface area contributed by atoms with E-state index >= 15 is 0 Å². The number of thioether (sulfide) groups is 1. The van der Waals surface area contributed by atoms with Gasteiger partial charge in [0.15, 0.2) is 0 Å². The Hall–Kier alpha value is -0.830. The second-order valence-electron chi connectivity index (χ2n) is 2.86. The largest absolute Gasteiger partial charge is 0.399 e. The molecule has 12 heavy (non-hydrogen) atoms. The third-order valence-electron chi connectivity index (χ3n) is 2.08. The van der Waals surface area contributed by atoms with E-state index in [2.05, 4.69) is 24.0 Å². The first kappa shape index (κ1) is 7.80. The van der Waals surface area contributed by atoms with Crippen molar-refractivity contribution in [2.45, 2.75) is 11.8 Å². The molecule has 2 N–H and O–H groups in total. The van der Waals surface area contributed by atoms with Crippen molar-refractivity contribution in [1.82, 2.24) is 0 Å². The SMILES string of the molecule is CCN1CSc2cc(N)ccc21. The summed E-state index contributed by atoms with van der Waals surface area (Å²) in [5.41, 5.74) is 7.88. The summed E-state index contributed by atoms with van der Waals surface area (Å²) in [5.74, 6) is 1.06. The highest BCUT2D eigenvalue weighted by Gasteiger charge is 2.17. The van der Waals surface area contributed by atoms with Crippen LogP contribution >= 0.6 is 11.8 Å². The van der Waals surface area contributed by atoms with Crippen molar-refractivity contribution in [3.8, 4) is 0 Å². The highest BCUT2D eigenvalue weighted by Crippen LogP contribution is 2.38. The van der Waals surface area contributed by atoms with Gasteiger partial charge in [-0.1, -0.05) is 0 Å². The molecule has 64 valence electrons. The molecule has 0 unspecified atom stereocenters. The molecule has 1 aliphatic heterocycles. The summed E-state index contributed by atoms with van der Waals surface area (Å²) in [5, 5.41) is 0. The minimum absolute atomic E-state index is 0.860. The average molecular weight is 180 g/mol. The van der Waals surface area contributed by atoms with E-state index in [9.17, 15) is 0 Å². The molecule has 3 heteroatoms. The summed E-state index contributed by atoms with van der Waals surface area (Å²) in [4.78, 5) is 3.66. The molecule has 0 aliphatic carbocycles. The van der Waals surface area contributed by atoms with Crippen molar-refractivity contribution in [3.05, 3.63) is 18.2 Å². The summed E-state index contributed by atoms with van der Waals surface area (Å²) in [6.45, 7) is 3.25. The number of hydrogen-bond acceptors (Lipinski definition) is 3. The summed E-state index contributed by atoms with van der Waals surface area (Å²) < 4.78 is 0. The van der Waals surface area contributed by atoms with Gasteiger partial charge in [-0.15, -0.1) is 11.8 Å². The van der Waals surface area contributed by atoms with Crippen molar-refractivity contribution < 1.29 is 0 Å². The van der Waals surface area contributed by atoms with Gasteiger partial charge in [0.05, 0.1) is 11.6 Å². The number of rotatable bonds is 1. The number of benzene rings is 1. The van der Waals surface area contributed by atoms with Crippen molar-refractivity contribution in [2.24, 2.45) is 0 Å². The first-order chi connectivity index (χ1) is 5.81.